The number of amides is 1. The van der Waals surface area contributed by atoms with Crippen molar-refractivity contribution in [2.24, 2.45) is 0 Å². The zero-order valence-corrected chi connectivity index (χ0v) is 23.7. The van der Waals surface area contributed by atoms with Crippen molar-refractivity contribution in [3.05, 3.63) is 70.8 Å². The molecule has 0 bridgehead atoms. The molecule has 1 saturated heterocycles. The van der Waals surface area contributed by atoms with Crippen LogP contribution in [0, 0.1) is 34.5 Å². The van der Waals surface area contributed by atoms with E-state index >= 15 is 0 Å². The quantitative estimate of drug-likeness (QED) is 0.0653. The van der Waals surface area contributed by atoms with Gasteiger partial charge in [-0.1, -0.05) is 17.7 Å². The van der Waals surface area contributed by atoms with Gasteiger partial charge in [-0.05, 0) is 30.2 Å². The summed E-state index contributed by atoms with van der Waals surface area (Å²) in [5, 5.41) is 27.4. The van der Waals surface area contributed by atoms with E-state index in [1.54, 1.807) is 41.3 Å². The summed E-state index contributed by atoms with van der Waals surface area (Å²) in [7, 11) is -3.68. The van der Waals surface area contributed by atoms with Gasteiger partial charge in [0.15, 0.2) is 18.5 Å². The highest BCUT2D eigenvalue weighted by atomic mass is 35.5. The molecule has 212 valence electrons. The van der Waals surface area contributed by atoms with Crippen LogP contribution in [0.25, 0.3) is 5.70 Å². The number of nitrogens with zero attached hydrogens (tertiary/aromatic N) is 4. The molecule has 1 aliphatic rings. The summed E-state index contributed by atoms with van der Waals surface area (Å²) < 4.78 is 34.8. The third kappa shape index (κ3) is 8.52. The van der Waals surface area contributed by atoms with Gasteiger partial charge in [-0.15, -0.1) is 16.9 Å². The Bertz CT molecular complexity index is 1540. The monoisotopic (exact) mass is 594 g/mol. The molecule has 3 rings (SSSR count). The van der Waals surface area contributed by atoms with E-state index in [4.69, 9.17) is 38.8 Å². The van der Waals surface area contributed by atoms with Crippen LogP contribution in [-0.2, 0) is 25.3 Å². The molecule has 3 N–H and O–H groups in total. The van der Waals surface area contributed by atoms with Gasteiger partial charge in [0.1, 0.15) is 5.70 Å². The summed E-state index contributed by atoms with van der Waals surface area (Å²) >= 11 is 6.04. The molecule has 1 aromatic heterocycles. The molecule has 41 heavy (non-hydrogen) atoms. The van der Waals surface area contributed by atoms with Crippen molar-refractivity contribution >= 4 is 51.0 Å². The van der Waals surface area contributed by atoms with Crippen LogP contribution in [0.5, 0.6) is 0 Å². The number of hydrogen-bond acceptors (Lipinski definition) is 8. The Kier molecular flexibility index (Phi) is 11.2. The van der Waals surface area contributed by atoms with Crippen molar-refractivity contribution in [3.63, 3.8) is 0 Å². The molecule has 0 radical (unpaired) electrons. The molecule has 0 unspecified atom stereocenters. The van der Waals surface area contributed by atoms with Crippen molar-refractivity contribution in [2.75, 3.05) is 38.1 Å². The van der Waals surface area contributed by atoms with Gasteiger partial charge in [-0.25, -0.2) is 8.42 Å². The predicted molar refractivity (Wildman–Crippen MR) is 155 cm³/mol. The number of nitrogens with one attached hydrogen (secondary N) is 3. The molecule has 2 aromatic rings. The van der Waals surface area contributed by atoms with Gasteiger partial charge in [-0.2, -0.15) is 9.57 Å². The number of benzene rings is 1. The molecule has 11 nitrogen and oxygen atoms in total. The lowest BCUT2D eigenvalue weighted by molar-refractivity contribution is -0.576. The highest BCUT2D eigenvalue weighted by Crippen LogP contribution is 2.21. The lowest BCUT2D eigenvalue weighted by atomic mass is 10.2. The van der Waals surface area contributed by atoms with Gasteiger partial charge in [0.2, 0.25) is 15.8 Å². The summed E-state index contributed by atoms with van der Waals surface area (Å²) in [4.78, 5) is 15.0. The van der Waals surface area contributed by atoms with Crippen molar-refractivity contribution < 1.29 is 22.5 Å². The summed E-state index contributed by atoms with van der Waals surface area (Å²) in [6, 6.07) is 11.6. The number of hydrogen-bond donors (Lipinski definition) is 3. The van der Waals surface area contributed by atoms with Crippen molar-refractivity contribution in [1.82, 2.24) is 9.21 Å². The molecule has 0 saturated carbocycles. The van der Waals surface area contributed by atoms with Gasteiger partial charge in [0.05, 0.1) is 18.2 Å². The molecule has 1 aromatic carbocycles. The van der Waals surface area contributed by atoms with Crippen LogP contribution in [0.4, 0.5) is 5.69 Å². The Balaban J connectivity index is 1.74. The summed E-state index contributed by atoms with van der Waals surface area (Å²) in [5.74, 6) is 3.66. The Morgan fingerprint density at radius 3 is 2.51 bits per heavy atom. The number of piperazine rings is 1. The lowest BCUT2D eigenvalue weighted by Gasteiger charge is -2.36. The maximum atomic E-state index is 13.2. The van der Waals surface area contributed by atoms with Crippen LogP contribution >= 0.6 is 11.6 Å². The largest absolute Gasteiger partial charge is 0.486 e. The zero-order valence-electron chi connectivity index (χ0n) is 22.1. The minimum atomic E-state index is -3.68. The second-order valence-corrected chi connectivity index (χ2v) is 11.2. The number of sulfonamides is 1. The molecule has 13 heteroatoms. The minimum Gasteiger partial charge on any atom is -0.486 e. The number of unbranched alkanes of at least 4 members (excludes halogenated alkanes) is 1. The number of pyridine rings is 1. The standard InChI is InChI=1S/C28H28ClN7O4S/c1-2-3-4-16-40-27(28(37)33-24-7-5-6-23(29)17-24)26(20-32)35-12-14-36(15-13-35)41(38,39)21-22-8-10-34(11-9-22)25(18-30)19-31/h1,5-11,17,20,30,32H,3-4,12-16,21H2/p+1/b27-26-,32-20?. The molecule has 2 heterocycles. The van der Waals surface area contributed by atoms with Crippen molar-refractivity contribution in [3.8, 4) is 18.4 Å². The first-order chi connectivity index (χ1) is 19.7. The maximum absolute atomic E-state index is 13.2. The van der Waals surface area contributed by atoms with Crippen LogP contribution in [-0.4, -0.2) is 68.4 Å². The number of ether oxygens (including phenoxy) is 1. The fourth-order valence-corrected chi connectivity index (χ4v) is 5.73. The molecule has 1 aliphatic heterocycles. The Morgan fingerprint density at radius 1 is 1.22 bits per heavy atom. The van der Waals surface area contributed by atoms with E-state index < -0.39 is 15.9 Å². The highest BCUT2D eigenvalue weighted by molar-refractivity contribution is 7.88. The van der Waals surface area contributed by atoms with Gasteiger partial charge >= 0.3 is 5.70 Å². The molecule has 1 amide bonds. The number of carbonyl (C=O) groups excluding carboxylic acids is 1. The number of nitriles is 1. The topological polar surface area (TPSA) is 154 Å². The Morgan fingerprint density at radius 2 is 1.93 bits per heavy atom. The summed E-state index contributed by atoms with van der Waals surface area (Å²) in [6.45, 7) is 0.909. The Labute approximate surface area is 244 Å². The van der Waals surface area contributed by atoms with Crippen LogP contribution < -0.4 is 9.88 Å². The average molecular weight is 595 g/mol. The molecular weight excluding hydrogens is 566 g/mol. The zero-order chi connectivity index (χ0) is 29.8. The first-order valence-corrected chi connectivity index (χ1v) is 14.5. The van der Waals surface area contributed by atoms with Gasteiger partial charge in [-0.3, -0.25) is 10.2 Å². The van der Waals surface area contributed by atoms with E-state index in [9.17, 15) is 13.2 Å². The fourth-order valence-electron chi connectivity index (χ4n) is 4.02. The van der Waals surface area contributed by atoms with Crippen molar-refractivity contribution in [2.45, 2.75) is 18.6 Å². The van der Waals surface area contributed by atoms with E-state index in [2.05, 4.69) is 11.2 Å². The first-order valence-electron chi connectivity index (χ1n) is 12.5. The number of rotatable bonds is 12. The van der Waals surface area contributed by atoms with E-state index in [1.807, 2.05) is 11.9 Å². The number of terminal acetylenes is 1. The Hall–Kier alpha value is -4.45. The van der Waals surface area contributed by atoms with E-state index in [0.29, 0.717) is 29.1 Å². The number of carbonyl (C=O) groups is 1. The predicted octanol–water partition coefficient (Wildman–Crippen LogP) is 2.62. The van der Waals surface area contributed by atoms with Crippen molar-refractivity contribution in [1.29, 1.82) is 16.1 Å². The van der Waals surface area contributed by atoms with Gasteiger partial charge < -0.3 is 20.4 Å². The SMILES string of the molecule is C#CCCCO/C(C(=O)Nc1cccc(Cl)c1)=C(/C=N)N1CCN(S(=O)(=O)Cc2cc[n+](C(=C=N)C#N)cc2)CC1. The van der Waals surface area contributed by atoms with E-state index in [0.717, 1.165) is 6.21 Å². The second-order valence-electron chi connectivity index (χ2n) is 8.82. The lowest BCUT2D eigenvalue weighted by Crippen LogP contribution is -2.49. The molecule has 0 spiro atoms. The highest BCUT2D eigenvalue weighted by Gasteiger charge is 2.30. The van der Waals surface area contributed by atoms with Crippen LogP contribution in [0.15, 0.2) is 60.2 Å². The third-order valence-electron chi connectivity index (χ3n) is 6.07. The fraction of sp³-hybridized carbons (Fsp3) is 0.286. The molecule has 0 aliphatic carbocycles. The smallest absolute Gasteiger partial charge is 0.351 e. The van der Waals surface area contributed by atoms with Crippen LogP contribution in [0.1, 0.15) is 18.4 Å². The average Bonchev–Trinajstić information content (AvgIpc) is 2.96. The third-order valence-corrected chi connectivity index (χ3v) is 8.16. The van der Waals surface area contributed by atoms with E-state index in [-0.39, 0.29) is 55.7 Å². The van der Waals surface area contributed by atoms with Crippen LogP contribution in [0.2, 0.25) is 5.02 Å². The van der Waals surface area contributed by atoms with E-state index in [1.165, 1.54) is 21.3 Å². The number of aromatic nitrogens is 1. The normalized spacial score (nSPS) is 14.1. The summed E-state index contributed by atoms with van der Waals surface area (Å²) in [6.07, 6.45) is 10.3. The first kappa shape index (κ1) is 31.1. The number of anilines is 1. The maximum Gasteiger partial charge on any atom is 0.351 e. The van der Waals surface area contributed by atoms with Gasteiger partial charge in [0.25, 0.3) is 5.91 Å². The number of halogens is 1. The second kappa shape index (κ2) is 14.8. The minimum absolute atomic E-state index is 0.0220. The molecular formula is C28H29ClN7O4S+. The summed E-state index contributed by atoms with van der Waals surface area (Å²) in [5.41, 5.74) is 1.18. The number of allylic oxidation sites excluding steroid dienone is 2. The molecule has 1 fully saturated rings. The van der Waals surface area contributed by atoms with Gasteiger partial charge in [0, 0.05) is 61.7 Å². The van der Waals surface area contributed by atoms with Crippen LogP contribution in [0.3, 0.4) is 0 Å². The molecule has 0 atom stereocenters.